The van der Waals surface area contributed by atoms with Gasteiger partial charge in [0.25, 0.3) is 0 Å². The van der Waals surface area contributed by atoms with Crippen LogP contribution >= 0.6 is 11.3 Å². The summed E-state index contributed by atoms with van der Waals surface area (Å²) in [7, 11) is 1.82. The highest BCUT2D eigenvalue weighted by atomic mass is 32.1. The van der Waals surface area contributed by atoms with E-state index in [2.05, 4.69) is 4.98 Å². The van der Waals surface area contributed by atoms with Crippen molar-refractivity contribution >= 4 is 23.2 Å². The molecule has 0 saturated carbocycles. The molecule has 2 rings (SSSR count). The first-order valence-electron chi connectivity index (χ1n) is 8.37. The molecular formula is C17H27N3O2S. The van der Waals surface area contributed by atoms with Crippen molar-refractivity contribution in [3.63, 3.8) is 0 Å². The van der Waals surface area contributed by atoms with Crippen LogP contribution in [0.3, 0.4) is 0 Å². The summed E-state index contributed by atoms with van der Waals surface area (Å²) in [4.78, 5) is 33.8. The molecule has 0 aromatic carbocycles. The van der Waals surface area contributed by atoms with Gasteiger partial charge in [0.05, 0.1) is 16.7 Å². The molecule has 1 atom stereocenters. The van der Waals surface area contributed by atoms with Gasteiger partial charge >= 0.3 is 0 Å². The number of carbonyl (C=O) groups excluding carboxylic acids is 2. The minimum absolute atomic E-state index is 0.0349. The van der Waals surface area contributed by atoms with Crippen LogP contribution < -0.4 is 0 Å². The van der Waals surface area contributed by atoms with Gasteiger partial charge in [0.1, 0.15) is 0 Å². The van der Waals surface area contributed by atoms with Crippen LogP contribution in [-0.2, 0) is 9.59 Å². The van der Waals surface area contributed by atoms with E-state index in [1.165, 1.54) is 0 Å². The first kappa shape index (κ1) is 17.9. The van der Waals surface area contributed by atoms with Crippen LogP contribution in [-0.4, -0.2) is 46.7 Å². The van der Waals surface area contributed by atoms with Crippen molar-refractivity contribution in [3.05, 3.63) is 15.6 Å². The first-order valence-corrected chi connectivity index (χ1v) is 9.19. The number of likely N-dealkylation sites (tertiary alicyclic amines) is 1. The zero-order valence-electron chi connectivity index (χ0n) is 14.6. The minimum Gasteiger partial charge on any atom is -0.342 e. The van der Waals surface area contributed by atoms with Gasteiger partial charge in [-0.1, -0.05) is 6.42 Å². The van der Waals surface area contributed by atoms with Crippen molar-refractivity contribution in [2.24, 2.45) is 0 Å². The fourth-order valence-corrected chi connectivity index (χ4v) is 3.92. The van der Waals surface area contributed by atoms with Gasteiger partial charge in [-0.2, -0.15) is 0 Å². The smallest absolute Gasteiger partial charge is 0.224 e. The van der Waals surface area contributed by atoms with Crippen molar-refractivity contribution in [1.82, 2.24) is 14.8 Å². The highest BCUT2D eigenvalue weighted by Gasteiger charge is 2.23. The summed E-state index contributed by atoms with van der Waals surface area (Å²) >= 11 is 1.66. The fourth-order valence-electron chi connectivity index (χ4n) is 3.01. The Morgan fingerprint density at radius 3 is 2.74 bits per heavy atom. The van der Waals surface area contributed by atoms with Crippen molar-refractivity contribution < 1.29 is 9.59 Å². The van der Waals surface area contributed by atoms with E-state index in [0.717, 1.165) is 41.4 Å². The third-order valence-corrected chi connectivity index (χ3v) is 5.48. The van der Waals surface area contributed by atoms with Crippen LogP contribution in [0.1, 0.15) is 60.6 Å². The number of amides is 2. The Morgan fingerprint density at radius 2 is 2.09 bits per heavy atom. The number of carbonyl (C=O) groups is 2. The molecule has 1 aliphatic rings. The summed E-state index contributed by atoms with van der Waals surface area (Å²) < 4.78 is 0. The van der Waals surface area contributed by atoms with E-state index < -0.39 is 0 Å². The molecule has 128 valence electrons. The second-order valence-corrected chi connectivity index (χ2v) is 7.70. The summed E-state index contributed by atoms with van der Waals surface area (Å²) in [6.07, 6.45) is 4.13. The lowest BCUT2D eigenvalue weighted by atomic mass is 10.2. The molecule has 1 aliphatic heterocycles. The number of rotatable bonds is 5. The van der Waals surface area contributed by atoms with E-state index in [1.54, 1.807) is 16.2 Å². The van der Waals surface area contributed by atoms with Crippen LogP contribution in [0.4, 0.5) is 0 Å². The van der Waals surface area contributed by atoms with Crippen LogP contribution in [0.5, 0.6) is 0 Å². The summed E-state index contributed by atoms with van der Waals surface area (Å²) in [6.45, 7) is 7.36. The standard InChI is InChI=1S/C17H27N3O2S/c1-12(17-13(2)23-14(3)18-17)19(4)15(21)9-11-20-10-7-5-6-8-16(20)22/h12H,5-11H2,1-4H3. The van der Waals surface area contributed by atoms with E-state index in [1.807, 2.05) is 32.7 Å². The predicted octanol–water partition coefficient (Wildman–Crippen LogP) is 3.07. The monoisotopic (exact) mass is 337 g/mol. The number of nitrogens with zero attached hydrogens (tertiary/aromatic N) is 3. The Hall–Kier alpha value is -1.43. The lowest BCUT2D eigenvalue weighted by Crippen LogP contribution is -2.36. The first-order chi connectivity index (χ1) is 10.9. The van der Waals surface area contributed by atoms with Gasteiger partial charge in [-0.15, -0.1) is 11.3 Å². The molecule has 2 heterocycles. The maximum absolute atomic E-state index is 12.5. The highest BCUT2D eigenvalue weighted by molar-refractivity contribution is 7.11. The van der Waals surface area contributed by atoms with Crippen molar-refractivity contribution in [3.8, 4) is 0 Å². The third kappa shape index (κ3) is 4.53. The van der Waals surface area contributed by atoms with Gasteiger partial charge < -0.3 is 9.80 Å². The maximum atomic E-state index is 12.5. The van der Waals surface area contributed by atoms with Gasteiger partial charge in [-0.3, -0.25) is 9.59 Å². The van der Waals surface area contributed by atoms with Gasteiger partial charge in [0.2, 0.25) is 11.8 Å². The number of thiazole rings is 1. The molecular weight excluding hydrogens is 310 g/mol. The molecule has 0 spiro atoms. The number of aromatic nitrogens is 1. The van der Waals surface area contributed by atoms with E-state index in [4.69, 9.17) is 0 Å². The molecule has 6 heteroatoms. The van der Waals surface area contributed by atoms with Crippen molar-refractivity contribution in [2.75, 3.05) is 20.1 Å². The normalized spacial score (nSPS) is 17.0. The second-order valence-electron chi connectivity index (χ2n) is 6.30. The second kappa shape index (κ2) is 7.90. The topological polar surface area (TPSA) is 53.5 Å². The molecule has 1 saturated heterocycles. The molecule has 23 heavy (non-hydrogen) atoms. The Labute approximate surface area is 142 Å². The molecule has 0 N–H and O–H groups in total. The average Bonchev–Trinajstić information content (AvgIpc) is 2.72. The molecule has 5 nitrogen and oxygen atoms in total. The zero-order chi connectivity index (χ0) is 17.0. The maximum Gasteiger partial charge on any atom is 0.224 e. The molecule has 0 bridgehead atoms. The Bertz CT molecular complexity index is 570. The molecule has 1 unspecified atom stereocenters. The van der Waals surface area contributed by atoms with E-state index in [0.29, 0.717) is 19.4 Å². The number of aryl methyl sites for hydroxylation is 2. The lowest BCUT2D eigenvalue weighted by Gasteiger charge is -2.26. The van der Waals surface area contributed by atoms with Gasteiger partial charge in [-0.25, -0.2) is 4.98 Å². The fraction of sp³-hybridized carbons (Fsp3) is 0.706. The highest BCUT2D eigenvalue weighted by Crippen LogP contribution is 2.26. The Morgan fingerprint density at radius 1 is 1.35 bits per heavy atom. The van der Waals surface area contributed by atoms with E-state index in [9.17, 15) is 9.59 Å². The third-order valence-electron chi connectivity index (χ3n) is 4.58. The molecule has 1 fully saturated rings. The molecule has 1 aromatic heterocycles. The van der Waals surface area contributed by atoms with Crippen LogP contribution in [0.15, 0.2) is 0 Å². The van der Waals surface area contributed by atoms with Gasteiger partial charge in [-0.05, 0) is 33.6 Å². The van der Waals surface area contributed by atoms with Crippen molar-refractivity contribution in [1.29, 1.82) is 0 Å². The van der Waals surface area contributed by atoms with Crippen LogP contribution in [0.25, 0.3) is 0 Å². The van der Waals surface area contributed by atoms with Gasteiger partial charge in [0, 0.05) is 37.9 Å². The quantitative estimate of drug-likeness (QED) is 0.830. The summed E-state index contributed by atoms with van der Waals surface area (Å²) in [5.74, 6) is 0.261. The predicted molar refractivity (Wildman–Crippen MR) is 92.4 cm³/mol. The van der Waals surface area contributed by atoms with E-state index in [-0.39, 0.29) is 17.9 Å². The number of hydrogen-bond acceptors (Lipinski definition) is 4. The van der Waals surface area contributed by atoms with Crippen molar-refractivity contribution in [2.45, 2.75) is 58.9 Å². The number of hydrogen-bond donors (Lipinski definition) is 0. The molecule has 2 amide bonds. The summed E-state index contributed by atoms with van der Waals surface area (Å²) in [5, 5.41) is 1.03. The van der Waals surface area contributed by atoms with Gasteiger partial charge in [0.15, 0.2) is 0 Å². The lowest BCUT2D eigenvalue weighted by molar-refractivity contribution is -0.134. The van der Waals surface area contributed by atoms with Crippen LogP contribution in [0, 0.1) is 13.8 Å². The zero-order valence-corrected chi connectivity index (χ0v) is 15.4. The molecule has 1 aromatic rings. The minimum atomic E-state index is -0.0349. The molecule has 0 radical (unpaired) electrons. The van der Waals surface area contributed by atoms with E-state index >= 15 is 0 Å². The largest absolute Gasteiger partial charge is 0.342 e. The Kier molecular flexibility index (Phi) is 6.16. The Balaban J connectivity index is 1.91. The van der Waals surface area contributed by atoms with Crippen LogP contribution in [0.2, 0.25) is 0 Å². The average molecular weight is 337 g/mol. The SMILES string of the molecule is Cc1nc(C(C)N(C)C(=O)CCN2CCCCCC2=O)c(C)s1. The summed E-state index contributed by atoms with van der Waals surface area (Å²) in [5.41, 5.74) is 0.981. The molecule has 0 aliphatic carbocycles. The summed E-state index contributed by atoms with van der Waals surface area (Å²) in [6, 6.07) is -0.0349.